The molecule has 2 aromatic rings. The van der Waals surface area contributed by atoms with Crippen LogP contribution in [0.1, 0.15) is 27.0 Å². The first-order valence-corrected chi connectivity index (χ1v) is 8.67. The van der Waals surface area contributed by atoms with Crippen LogP contribution in [0.5, 0.6) is 11.5 Å². The molecule has 0 saturated carbocycles. The number of hydrogen-bond acceptors (Lipinski definition) is 5. The SMILES string of the molecule is COc1ccc(CNC(=O)NCCc2ccc(C(C)=O)s2)cc1OC. The van der Waals surface area contributed by atoms with Gasteiger partial charge in [-0.3, -0.25) is 4.79 Å². The summed E-state index contributed by atoms with van der Waals surface area (Å²) in [5.41, 5.74) is 0.914. The van der Waals surface area contributed by atoms with Crippen molar-refractivity contribution in [3.8, 4) is 11.5 Å². The fourth-order valence-electron chi connectivity index (χ4n) is 2.24. The highest BCUT2D eigenvalue weighted by atomic mass is 32.1. The van der Waals surface area contributed by atoms with Gasteiger partial charge in [0, 0.05) is 18.0 Å². The third kappa shape index (κ3) is 5.49. The number of urea groups is 1. The maximum atomic E-state index is 11.9. The van der Waals surface area contributed by atoms with E-state index in [9.17, 15) is 9.59 Å². The Balaban J connectivity index is 1.76. The molecular weight excluding hydrogens is 340 g/mol. The van der Waals surface area contributed by atoms with Crippen molar-refractivity contribution < 1.29 is 19.1 Å². The van der Waals surface area contributed by atoms with Crippen molar-refractivity contribution in [3.05, 3.63) is 45.6 Å². The number of rotatable bonds is 8. The molecule has 0 unspecified atom stereocenters. The number of benzene rings is 1. The average molecular weight is 362 g/mol. The van der Waals surface area contributed by atoms with Gasteiger partial charge in [-0.05, 0) is 43.2 Å². The van der Waals surface area contributed by atoms with Gasteiger partial charge in [-0.1, -0.05) is 6.07 Å². The maximum Gasteiger partial charge on any atom is 0.315 e. The number of ketones is 1. The lowest BCUT2D eigenvalue weighted by Crippen LogP contribution is -2.36. The molecule has 0 bridgehead atoms. The summed E-state index contributed by atoms with van der Waals surface area (Å²) < 4.78 is 10.4. The van der Waals surface area contributed by atoms with Crippen molar-refractivity contribution in [1.29, 1.82) is 0 Å². The number of hydrogen-bond donors (Lipinski definition) is 2. The lowest BCUT2D eigenvalue weighted by molar-refractivity contribution is 0.102. The van der Waals surface area contributed by atoms with Crippen molar-refractivity contribution in [2.45, 2.75) is 19.9 Å². The maximum absolute atomic E-state index is 11.9. The summed E-state index contributed by atoms with van der Waals surface area (Å²) in [5, 5.41) is 5.61. The molecule has 2 rings (SSSR count). The molecular formula is C18H22N2O4S. The van der Waals surface area contributed by atoms with Gasteiger partial charge in [0.2, 0.25) is 0 Å². The number of carbonyl (C=O) groups is 2. The van der Waals surface area contributed by atoms with E-state index in [4.69, 9.17) is 9.47 Å². The minimum atomic E-state index is -0.238. The van der Waals surface area contributed by atoms with E-state index in [2.05, 4.69) is 10.6 Å². The fraction of sp³-hybridized carbons (Fsp3) is 0.333. The smallest absolute Gasteiger partial charge is 0.315 e. The van der Waals surface area contributed by atoms with Crippen LogP contribution in [0.15, 0.2) is 30.3 Å². The summed E-state index contributed by atoms with van der Waals surface area (Å²) >= 11 is 1.46. The van der Waals surface area contributed by atoms with E-state index >= 15 is 0 Å². The molecule has 0 aliphatic heterocycles. The zero-order valence-electron chi connectivity index (χ0n) is 14.5. The van der Waals surface area contributed by atoms with Crippen LogP contribution in [0.25, 0.3) is 0 Å². The predicted molar refractivity (Wildman–Crippen MR) is 97.8 cm³/mol. The van der Waals surface area contributed by atoms with E-state index in [-0.39, 0.29) is 11.8 Å². The van der Waals surface area contributed by atoms with Crippen LogP contribution >= 0.6 is 11.3 Å². The van der Waals surface area contributed by atoms with Gasteiger partial charge in [0.1, 0.15) is 0 Å². The Morgan fingerprint density at radius 3 is 2.44 bits per heavy atom. The minimum Gasteiger partial charge on any atom is -0.493 e. The predicted octanol–water partition coefficient (Wildman–Crippen LogP) is 3.01. The van der Waals surface area contributed by atoms with Gasteiger partial charge >= 0.3 is 6.03 Å². The number of carbonyl (C=O) groups excluding carboxylic acids is 2. The van der Waals surface area contributed by atoms with Crippen LogP contribution in [0, 0.1) is 0 Å². The first kappa shape index (κ1) is 18.8. The summed E-state index contributed by atoms with van der Waals surface area (Å²) in [4.78, 5) is 24.9. The van der Waals surface area contributed by atoms with Gasteiger partial charge in [-0.15, -0.1) is 11.3 Å². The molecule has 1 heterocycles. The van der Waals surface area contributed by atoms with Crippen LogP contribution in [0.3, 0.4) is 0 Å². The molecule has 2 N–H and O–H groups in total. The number of Topliss-reactive ketones (excluding diaryl/α,β-unsaturated/α-hetero) is 1. The first-order chi connectivity index (χ1) is 12.0. The van der Waals surface area contributed by atoms with E-state index in [0.717, 1.165) is 15.3 Å². The zero-order chi connectivity index (χ0) is 18.2. The number of thiophene rings is 1. The molecule has 7 heteroatoms. The van der Waals surface area contributed by atoms with Gasteiger partial charge < -0.3 is 20.1 Å². The third-order valence-corrected chi connectivity index (χ3v) is 4.81. The molecule has 1 aromatic carbocycles. The highest BCUT2D eigenvalue weighted by Gasteiger charge is 2.07. The summed E-state index contributed by atoms with van der Waals surface area (Å²) in [7, 11) is 3.15. The zero-order valence-corrected chi connectivity index (χ0v) is 15.4. The Hall–Kier alpha value is -2.54. The highest BCUT2D eigenvalue weighted by molar-refractivity contribution is 7.14. The van der Waals surface area contributed by atoms with E-state index in [1.165, 1.54) is 11.3 Å². The number of amides is 2. The Kier molecular flexibility index (Phi) is 6.82. The summed E-state index contributed by atoms with van der Waals surface area (Å²) in [5.74, 6) is 1.34. The standard InChI is InChI=1S/C18H22N2O4S/c1-12(21)17-7-5-14(25-17)8-9-19-18(22)20-11-13-4-6-15(23-2)16(10-13)24-3/h4-7,10H,8-9,11H2,1-3H3,(H2,19,20,22). The molecule has 0 radical (unpaired) electrons. The van der Waals surface area contributed by atoms with Gasteiger partial charge in [0.05, 0.1) is 19.1 Å². The van der Waals surface area contributed by atoms with Gasteiger partial charge in [0.15, 0.2) is 17.3 Å². The lowest BCUT2D eigenvalue weighted by atomic mass is 10.2. The molecule has 1 aromatic heterocycles. The molecule has 0 saturated heterocycles. The lowest BCUT2D eigenvalue weighted by Gasteiger charge is -2.11. The Bertz CT molecular complexity index is 742. The average Bonchev–Trinajstić information content (AvgIpc) is 3.09. The van der Waals surface area contributed by atoms with Crippen molar-refractivity contribution in [1.82, 2.24) is 10.6 Å². The second-order valence-electron chi connectivity index (χ2n) is 5.37. The van der Waals surface area contributed by atoms with Gasteiger partial charge in [0.25, 0.3) is 0 Å². The Labute approximate surface area is 151 Å². The molecule has 0 atom stereocenters. The molecule has 6 nitrogen and oxygen atoms in total. The van der Waals surface area contributed by atoms with Gasteiger partial charge in [-0.2, -0.15) is 0 Å². The van der Waals surface area contributed by atoms with Crippen LogP contribution in [0.2, 0.25) is 0 Å². The van der Waals surface area contributed by atoms with Crippen LogP contribution in [-0.2, 0) is 13.0 Å². The van der Waals surface area contributed by atoms with Gasteiger partial charge in [-0.25, -0.2) is 4.79 Å². The quantitative estimate of drug-likeness (QED) is 0.708. The third-order valence-electron chi connectivity index (χ3n) is 3.57. The van der Waals surface area contributed by atoms with Crippen molar-refractivity contribution in [2.24, 2.45) is 0 Å². The normalized spacial score (nSPS) is 10.2. The minimum absolute atomic E-state index is 0.0665. The second-order valence-corrected chi connectivity index (χ2v) is 6.54. The Morgan fingerprint density at radius 2 is 1.80 bits per heavy atom. The summed E-state index contributed by atoms with van der Waals surface area (Å²) in [6, 6.07) is 9.00. The molecule has 0 spiro atoms. The molecule has 2 amide bonds. The monoisotopic (exact) mass is 362 g/mol. The molecule has 0 fully saturated rings. The first-order valence-electron chi connectivity index (χ1n) is 7.85. The van der Waals surface area contributed by atoms with Crippen LogP contribution < -0.4 is 20.1 Å². The highest BCUT2D eigenvalue weighted by Crippen LogP contribution is 2.27. The fourth-order valence-corrected chi connectivity index (χ4v) is 3.14. The Morgan fingerprint density at radius 1 is 1.04 bits per heavy atom. The molecule has 0 aliphatic rings. The van der Waals surface area contributed by atoms with Crippen molar-refractivity contribution in [2.75, 3.05) is 20.8 Å². The molecule has 0 aliphatic carbocycles. The number of ether oxygens (including phenoxy) is 2. The van der Waals surface area contributed by atoms with Crippen molar-refractivity contribution in [3.63, 3.8) is 0 Å². The van der Waals surface area contributed by atoms with Crippen LogP contribution in [-0.4, -0.2) is 32.6 Å². The van der Waals surface area contributed by atoms with E-state index in [1.54, 1.807) is 27.2 Å². The van der Waals surface area contributed by atoms with Crippen LogP contribution in [0.4, 0.5) is 4.79 Å². The number of nitrogens with one attached hydrogen (secondary N) is 2. The van der Waals surface area contributed by atoms with E-state index in [0.29, 0.717) is 31.0 Å². The second kappa shape index (κ2) is 9.08. The summed E-state index contributed by atoms with van der Waals surface area (Å²) in [6.07, 6.45) is 0.696. The van der Waals surface area contributed by atoms with Crippen molar-refractivity contribution >= 4 is 23.2 Å². The number of methoxy groups -OCH3 is 2. The van der Waals surface area contributed by atoms with E-state index in [1.807, 2.05) is 24.3 Å². The molecule has 134 valence electrons. The topological polar surface area (TPSA) is 76.7 Å². The molecule has 25 heavy (non-hydrogen) atoms. The largest absolute Gasteiger partial charge is 0.493 e. The van der Waals surface area contributed by atoms with E-state index < -0.39 is 0 Å². The summed E-state index contributed by atoms with van der Waals surface area (Å²) in [6.45, 7) is 2.45.